The van der Waals surface area contributed by atoms with Gasteiger partial charge >= 0.3 is 0 Å². The monoisotopic (exact) mass is 403 g/mol. The van der Waals surface area contributed by atoms with E-state index in [1.165, 1.54) is 0 Å². The van der Waals surface area contributed by atoms with Crippen molar-refractivity contribution in [2.24, 2.45) is 0 Å². The molecule has 0 aliphatic carbocycles. The summed E-state index contributed by atoms with van der Waals surface area (Å²) in [6, 6.07) is 25.6. The van der Waals surface area contributed by atoms with Crippen molar-refractivity contribution in [2.45, 2.75) is 6.10 Å². The Balaban J connectivity index is 1.47. The third-order valence-corrected chi connectivity index (χ3v) is 4.74. The summed E-state index contributed by atoms with van der Waals surface area (Å²) in [6.45, 7) is 0. The van der Waals surface area contributed by atoms with Crippen molar-refractivity contribution in [3.05, 3.63) is 96.1 Å². The van der Waals surface area contributed by atoms with Crippen LogP contribution in [0.4, 0.5) is 5.69 Å². The Morgan fingerprint density at radius 2 is 1.66 bits per heavy atom. The molecule has 146 valence electrons. The number of anilines is 1. The summed E-state index contributed by atoms with van der Waals surface area (Å²) in [6.07, 6.45) is 1.86. The average Bonchev–Trinajstić information content (AvgIpc) is 2.78. The number of fused-ring (bicyclic) bond motifs is 1. The number of methoxy groups -OCH3 is 1. The number of nitrogens with one attached hydrogen (secondary N) is 3. The first-order valence-corrected chi connectivity index (χ1v) is 9.63. The van der Waals surface area contributed by atoms with E-state index in [9.17, 15) is 0 Å². The number of benzene rings is 3. The van der Waals surface area contributed by atoms with Crippen molar-refractivity contribution in [3.8, 4) is 11.5 Å². The molecule has 0 aromatic heterocycles. The van der Waals surface area contributed by atoms with Gasteiger partial charge in [0.2, 0.25) is 0 Å². The van der Waals surface area contributed by atoms with Crippen molar-refractivity contribution in [2.75, 3.05) is 12.4 Å². The van der Waals surface area contributed by atoms with Crippen LogP contribution in [-0.2, 0) is 0 Å². The Morgan fingerprint density at radius 3 is 2.41 bits per heavy atom. The molecule has 0 unspecified atom stereocenters. The van der Waals surface area contributed by atoms with Crippen LogP contribution >= 0.6 is 12.2 Å². The van der Waals surface area contributed by atoms with Crippen LogP contribution in [0.2, 0.25) is 0 Å². The van der Waals surface area contributed by atoms with E-state index in [1.54, 1.807) is 7.11 Å². The minimum atomic E-state index is -0.182. The molecule has 1 aliphatic heterocycles. The minimum absolute atomic E-state index is 0.182. The molecule has 3 N–H and O–H groups in total. The largest absolute Gasteiger partial charge is 0.497 e. The van der Waals surface area contributed by atoms with Crippen LogP contribution in [-0.4, -0.2) is 12.2 Å². The zero-order valence-corrected chi connectivity index (χ0v) is 16.7. The van der Waals surface area contributed by atoms with Gasteiger partial charge in [0.1, 0.15) is 17.6 Å². The van der Waals surface area contributed by atoms with Gasteiger partial charge in [0.25, 0.3) is 0 Å². The maximum absolute atomic E-state index is 6.17. The maximum atomic E-state index is 6.17. The van der Waals surface area contributed by atoms with Crippen molar-refractivity contribution < 1.29 is 9.47 Å². The topological polar surface area (TPSA) is 54.5 Å². The lowest BCUT2D eigenvalue weighted by molar-refractivity contribution is 0.249. The number of para-hydroxylation sites is 1. The highest BCUT2D eigenvalue weighted by atomic mass is 32.1. The van der Waals surface area contributed by atoms with Crippen LogP contribution in [0, 0.1) is 0 Å². The van der Waals surface area contributed by atoms with E-state index in [4.69, 9.17) is 21.7 Å². The van der Waals surface area contributed by atoms with Crippen LogP contribution < -0.4 is 25.6 Å². The van der Waals surface area contributed by atoms with Gasteiger partial charge in [-0.1, -0.05) is 42.5 Å². The van der Waals surface area contributed by atoms with E-state index in [1.807, 2.05) is 72.8 Å². The highest BCUT2D eigenvalue weighted by molar-refractivity contribution is 7.80. The highest BCUT2D eigenvalue weighted by Crippen LogP contribution is 2.35. The van der Waals surface area contributed by atoms with E-state index in [0.29, 0.717) is 5.11 Å². The fraction of sp³-hybridized carbons (Fsp3) is 0.0870. The first kappa shape index (κ1) is 18.8. The van der Waals surface area contributed by atoms with E-state index >= 15 is 0 Å². The van der Waals surface area contributed by atoms with Gasteiger partial charge in [-0.05, 0) is 60.3 Å². The molecule has 29 heavy (non-hydrogen) atoms. The zero-order chi connectivity index (χ0) is 20.1. The summed E-state index contributed by atoms with van der Waals surface area (Å²) in [5.74, 6) is 1.62. The Kier molecular flexibility index (Phi) is 5.63. The number of ether oxygens (including phenoxy) is 2. The molecule has 1 aliphatic rings. The molecular weight excluding hydrogens is 382 g/mol. The second-order valence-electron chi connectivity index (χ2n) is 6.46. The summed E-state index contributed by atoms with van der Waals surface area (Å²) in [4.78, 5) is 0. The predicted octanol–water partition coefficient (Wildman–Crippen LogP) is 4.66. The van der Waals surface area contributed by atoms with Crippen molar-refractivity contribution >= 4 is 28.7 Å². The summed E-state index contributed by atoms with van der Waals surface area (Å²) < 4.78 is 11.3. The second-order valence-corrected chi connectivity index (χ2v) is 6.87. The normalized spacial score (nSPS) is 14.7. The van der Waals surface area contributed by atoms with Crippen molar-refractivity contribution in [1.82, 2.24) is 10.9 Å². The van der Waals surface area contributed by atoms with Crippen LogP contribution in [0.1, 0.15) is 17.2 Å². The first-order chi connectivity index (χ1) is 14.2. The average molecular weight is 404 g/mol. The number of hydrogen-bond donors (Lipinski definition) is 3. The van der Waals surface area contributed by atoms with Gasteiger partial charge in [0, 0.05) is 11.3 Å². The SMILES string of the molecule is COc1ccc(NC(=S)NNC2=C[C@@H](c3ccccc3)Oc3ccccc32)cc1. The summed E-state index contributed by atoms with van der Waals surface area (Å²) >= 11 is 5.41. The molecule has 4 rings (SSSR count). The summed E-state index contributed by atoms with van der Waals surface area (Å²) in [5, 5.41) is 3.60. The molecule has 3 aromatic carbocycles. The molecule has 0 radical (unpaired) electrons. The maximum Gasteiger partial charge on any atom is 0.189 e. The molecule has 0 fully saturated rings. The molecule has 0 saturated heterocycles. The lowest BCUT2D eigenvalue weighted by Crippen LogP contribution is -2.39. The second kappa shape index (κ2) is 8.67. The Morgan fingerprint density at radius 1 is 0.931 bits per heavy atom. The summed E-state index contributed by atoms with van der Waals surface area (Å²) in [5.41, 5.74) is 10.1. The van der Waals surface area contributed by atoms with Crippen LogP contribution in [0.25, 0.3) is 5.70 Å². The Labute approximate surface area is 175 Å². The molecule has 1 heterocycles. The molecule has 3 aromatic rings. The van der Waals surface area contributed by atoms with Gasteiger partial charge in [-0.3, -0.25) is 10.9 Å². The van der Waals surface area contributed by atoms with E-state index in [0.717, 1.165) is 34.0 Å². The Bertz CT molecular complexity index is 1020. The third-order valence-electron chi connectivity index (χ3n) is 4.54. The third kappa shape index (κ3) is 4.50. The standard InChI is InChI=1S/C23H21N3O2S/c1-27-18-13-11-17(12-14-18)24-23(29)26-25-20-15-22(16-7-3-2-4-8-16)28-21-10-6-5-9-19(20)21/h2-15,22,25H,1H3,(H2,24,26,29)/t22-/m0/s1. The van der Waals surface area contributed by atoms with E-state index in [-0.39, 0.29) is 6.10 Å². The van der Waals surface area contributed by atoms with Gasteiger partial charge in [-0.15, -0.1) is 0 Å². The predicted molar refractivity (Wildman–Crippen MR) is 120 cm³/mol. The molecule has 1 atom stereocenters. The molecule has 0 spiro atoms. The Hall–Kier alpha value is -3.51. The lowest BCUT2D eigenvalue weighted by Gasteiger charge is -2.27. The fourth-order valence-electron chi connectivity index (χ4n) is 3.08. The quantitative estimate of drug-likeness (QED) is 0.426. The molecule has 0 saturated carbocycles. The van der Waals surface area contributed by atoms with Crippen molar-refractivity contribution in [3.63, 3.8) is 0 Å². The van der Waals surface area contributed by atoms with Crippen molar-refractivity contribution in [1.29, 1.82) is 0 Å². The first-order valence-electron chi connectivity index (χ1n) is 9.23. The lowest BCUT2D eigenvalue weighted by atomic mass is 10.0. The molecule has 0 amide bonds. The smallest absolute Gasteiger partial charge is 0.189 e. The number of rotatable bonds is 5. The number of hydrogen-bond acceptors (Lipinski definition) is 4. The molecule has 5 nitrogen and oxygen atoms in total. The van der Waals surface area contributed by atoms with Crippen LogP contribution in [0.5, 0.6) is 11.5 Å². The minimum Gasteiger partial charge on any atom is -0.497 e. The molecular formula is C23H21N3O2S. The number of thiocarbonyl (C=S) groups is 1. The van der Waals surface area contributed by atoms with E-state index in [2.05, 4.69) is 28.3 Å². The van der Waals surface area contributed by atoms with Gasteiger partial charge in [-0.2, -0.15) is 0 Å². The fourth-order valence-corrected chi connectivity index (χ4v) is 3.25. The van der Waals surface area contributed by atoms with Gasteiger partial charge in [0.15, 0.2) is 5.11 Å². The van der Waals surface area contributed by atoms with E-state index < -0.39 is 0 Å². The molecule has 6 heteroatoms. The zero-order valence-electron chi connectivity index (χ0n) is 15.9. The number of hydrazine groups is 1. The van der Waals surface area contributed by atoms with Gasteiger partial charge < -0.3 is 14.8 Å². The van der Waals surface area contributed by atoms with Gasteiger partial charge in [-0.25, -0.2) is 0 Å². The highest BCUT2D eigenvalue weighted by Gasteiger charge is 2.21. The van der Waals surface area contributed by atoms with Gasteiger partial charge in [0.05, 0.1) is 12.8 Å². The van der Waals surface area contributed by atoms with Crippen LogP contribution in [0.15, 0.2) is 84.9 Å². The molecule has 0 bridgehead atoms. The summed E-state index contributed by atoms with van der Waals surface area (Å²) in [7, 11) is 1.64. The van der Waals surface area contributed by atoms with Crippen LogP contribution in [0.3, 0.4) is 0 Å².